The molecule has 0 bridgehead atoms. The molecule has 0 saturated heterocycles. The second-order valence-electron chi connectivity index (χ2n) is 5.62. The van der Waals surface area contributed by atoms with Crippen molar-refractivity contribution < 1.29 is 19.1 Å². The molecule has 1 aliphatic carbocycles. The zero-order valence-electron chi connectivity index (χ0n) is 12.7. The maximum absolute atomic E-state index is 12.0. The fourth-order valence-electron chi connectivity index (χ4n) is 2.13. The summed E-state index contributed by atoms with van der Waals surface area (Å²) in [6.45, 7) is 0.738. The van der Waals surface area contributed by atoms with E-state index >= 15 is 0 Å². The number of benzene rings is 1. The summed E-state index contributed by atoms with van der Waals surface area (Å²) in [6.07, 6.45) is 3.02. The first kappa shape index (κ1) is 15.4. The highest BCUT2D eigenvalue weighted by molar-refractivity contribution is 5.90. The minimum Gasteiger partial charge on any atom is -0.491 e. The molecular weight excluding hydrogens is 296 g/mol. The highest BCUT2D eigenvalue weighted by Gasteiger charge is 2.22. The molecule has 2 amide bonds. The Bertz CT molecular complexity index is 638. The Balaban J connectivity index is 1.50. The third-order valence-electron chi connectivity index (χ3n) is 3.63. The molecule has 1 aliphatic rings. The molecule has 1 atom stereocenters. The van der Waals surface area contributed by atoms with Crippen LogP contribution in [0.4, 0.5) is 10.5 Å². The minimum absolute atomic E-state index is 0.0600. The van der Waals surface area contributed by atoms with E-state index in [1.54, 1.807) is 18.2 Å². The Kier molecular flexibility index (Phi) is 4.83. The van der Waals surface area contributed by atoms with Gasteiger partial charge >= 0.3 is 6.03 Å². The van der Waals surface area contributed by atoms with E-state index in [9.17, 15) is 9.90 Å². The number of anilines is 1. The highest BCUT2D eigenvalue weighted by Crippen LogP contribution is 2.31. The van der Waals surface area contributed by atoms with E-state index in [4.69, 9.17) is 9.15 Å². The number of rotatable bonds is 7. The van der Waals surface area contributed by atoms with E-state index in [-0.39, 0.29) is 6.54 Å². The molecule has 3 rings (SSSR count). The first-order valence-electron chi connectivity index (χ1n) is 7.70. The third-order valence-corrected chi connectivity index (χ3v) is 3.63. The molecule has 2 aromatic rings. The lowest BCUT2D eigenvalue weighted by atomic mass is 10.2. The van der Waals surface area contributed by atoms with E-state index in [2.05, 4.69) is 10.6 Å². The topological polar surface area (TPSA) is 83.7 Å². The molecule has 0 aliphatic heterocycles. The van der Waals surface area contributed by atoms with Crippen LogP contribution in [-0.4, -0.2) is 24.3 Å². The van der Waals surface area contributed by atoms with Crippen LogP contribution in [0.3, 0.4) is 0 Å². The van der Waals surface area contributed by atoms with E-state index in [1.165, 1.54) is 19.1 Å². The van der Waals surface area contributed by atoms with Gasteiger partial charge in [-0.3, -0.25) is 0 Å². The van der Waals surface area contributed by atoms with E-state index in [0.717, 1.165) is 0 Å². The van der Waals surface area contributed by atoms with Gasteiger partial charge in [0.1, 0.15) is 17.6 Å². The third kappa shape index (κ3) is 4.50. The number of aliphatic hydroxyl groups is 1. The summed E-state index contributed by atoms with van der Waals surface area (Å²) in [4.78, 5) is 12.0. The van der Waals surface area contributed by atoms with Crippen LogP contribution in [0.1, 0.15) is 24.7 Å². The number of nitrogens with one attached hydrogen (secondary N) is 2. The largest absolute Gasteiger partial charge is 0.491 e. The van der Waals surface area contributed by atoms with E-state index < -0.39 is 12.1 Å². The average Bonchev–Trinajstić information content (AvgIpc) is 3.22. The van der Waals surface area contributed by atoms with Gasteiger partial charge in [0.2, 0.25) is 0 Å². The Hall–Kier alpha value is -2.47. The number of hydrogen-bond acceptors (Lipinski definition) is 4. The van der Waals surface area contributed by atoms with Gasteiger partial charge in [0, 0.05) is 0 Å². The minimum atomic E-state index is -0.878. The van der Waals surface area contributed by atoms with Gasteiger partial charge in [0.05, 0.1) is 25.1 Å². The lowest BCUT2D eigenvalue weighted by Crippen LogP contribution is -2.32. The normalized spacial score (nSPS) is 15.0. The highest BCUT2D eigenvalue weighted by atomic mass is 16.5. The van der Waals surface area contributed by atoms with Crippen molar-refractivity contribution in [1.29, 1.82) is 0 Å². The first-order valence-corrected chi connectivity index (χ1v) is 7.70. The van der Waals surface area contributed by atoms with Crippen LogP contribution in [0.5, 0.6) is 5.75 Å². The molecule has 1 aromatic carbocycles. The number of carbonyl (C=O) groups is 1. The number of amides is 2. The van der Waals surface area contributed by atoms with Crippen LogP contribution in [0, 0.1) is 5.92 Å². The van der Waals surface area contributed by atoms with Gasteiger partial charge in [-0.25, -0.2) is 4.79 Å². The maximum atomic E-state index is 12.0. The molecule has 0 radical (unpaired) electrons. The number of aliphatic hydroxyl groups excluding tert-OH is 1. The molecule has 1 unspecified atom stereocenters. The lowest BCUT2D eigenvalue weighted by molar-refractivity contribution is 0.149. The Labute approximate surface area is 134 Å². The van der Waals surface area contributed by atoms with Crippen molar-refractivity contribution in [2.24, 2.45) is 5.92 Å². The fraction of sp³-hybridized carbons (Fsp3) is 0.353. The van der Waals surface area contributed by atoms with E-state index in [1.807, 2.05) is 18.2 Å². The lowest BCUT2D eigenvalue weighted by Gasteiger charge is -2.14. The number of furan rings is 1. The Morgan fingerprint density at radius 3 is 2.87 bits per heavy atom. The number of carbonyl (C=O) groups excluding carboxylic acids is 1. The van der Waals surface area contributed by atoms with Gasteiger partial charge in [-0.05, 0) is 43.0 Å². The summed E-state index contributed by atoms with van der Waals surface area (Å²) in [5.74, 6) is 1.71. The standard InChI is InChI=1S/C17H20N2O4/c20-14(16-6-3-9-22-16)10-18-17(21)19-13-4-1-2-5-15(13)23-11-12-7-8-12/h1-6,9,12,14,20H,7-8,10-11H2,(H2,18,19,21). The van der Waals surface area contributed by atoms with Gasteiger partial charge in [-0.15, -0.1) is 0 Å². The van der Waals surface area contributed by atoms with Crippen LogP contribution < -0.4 is 15.4 Å². The number of hydrogen-bond donors (Lipinski definition) is 3. The smallest absolute Gasteiger partial charge is 0.319 e. The number of para-hydroxylation sites is 2. The first-order chi connectivity index (χ1) is 11.2. The van der Waals surface area contributed by atoms with Crippen LogP contribution >= 0.6 is 0 Å². The van der Waals surface area contributed by atoms with Gasteiger partial charge in [0.25, 0.3) is 0 Å². The molecule has 6 heteroatoms. The van der Waals surface area contributed by atoms with Crippen LogP contribution in [0.15, 0.2) is 47.1 Å². The summed E-state index contributed by atoms with van der Waals surface area (Å²) in [5.41, 5.74) is 0.609. The molecule has 23 heavy (non-hydrogen) atoms. The molecule has 1 fully saturated rings. The Morgan fingerprint density at radius 1 is 1.30 bits per heavy atom. The van der Waals surface area contributed by atoms with Crippen LogP contribution in [0.25, 0.3) is 0 Å². The quantitative estimate of drug-likeness (QED) is 0.733. The van der Waals surface area contributed by atoms with Crippen molar-refractivity contribution in [2.45, 2.75) is 18.9 Å². The van der Waals surface area contributed by atoms with Crippen LogP contribution in [-0.2, 0) is 0 Å². The van der Waals surface area contributed by atoms with Gasteiger partial charge in [-0.2, -0.15) is 0 Å². The van der Waals surface area contributed by atoms with Crippen molar-refractivity contribution in [2.75, 3.05) is 18.5 Å². The van der Waals surface area contributed by atoms with Crippen LogP contribution in [0.2, 0.25) is 0 Å². The van der Waals surface area contributed by atoms with Crippen molar-refractivity contribution in [3.8, 4) is 5.75 Å². The molecule has 1 saturated carbocycles. The predicted octanol–water partition coefficient (Wildman–Crippen LogP) is 2.92. The van der Waals surface area contributed by atoms with Crippen molar-refractivity contribution >= 4 is 11.7 Å². The molecule has 122 valence electrons. The second-order valence-corrected chi connectivity index (χ2v) is 5.62. The number of urea groups is 1. The Morgan fingerprint density at radius 2 is 2.13 bits per heavy atom. The van der Waals surface area contributed by atoms with E-state index in [0.29, 0.717) is 29.7 Å². The summed E-state index contributed by atoms with van der Waals surface area (Å²) in [5, 5.41) is 15.2. The van der Waals surface area contributed by atoms with Gasteiger partial charge < -0.3 is 24.9 Å². The monoisotopic (exact) mass is 316 g/mol. The van der Waals surface area contributed by atoms with Gasteiger partial charge in [-0.1, -0.05) is 12.1 Å². The molecule has 6 nitrogen and oxygen atoms in total. The van der Waals surface area contributed by atoms with Crippen molar-refractivity contribution in [3.05, 3.63) is 48.4 Å². The van der Waals surface area contributed by atoms with Crippen molar-refractivity contribution in [1.82, 2.24) is 5.32 Å². The molecule has 0 spiro atoms. The zero-order chi connectivity index (χ0) is 16.1. The average molecular weight is 316 g/mol. The summed E-state index contributed by atoms with van der Waals surface area (Å²) < 4.78 is 10.8. The second kappa shape index (κ2) is 7.19. The summed E-state index contributed by atoms with van der Waals surface area (Å²) in [6, 6.07) is 10.2. The zero-order valence-corrected chi connectivity index (χ0v) is 12.7. The van der Waals surface area contributed by atoms with Crippen molar-refractivity contribution in [3.63, 3.8) is 0 Å². The van der Waals surface area contributed by atoms with Gasteiger partial charge in [0.15, 0.2) is 0 Å². The molecule has 1 heterocycles. The summed E-state index contributed by atoms with van der Waals surface area (Å²) >= 11 is 0. The molecule has 1 aromatic heterocycles. The fourth-order valence-corrected chi connectivity index (χ4v) is 2.13. The maximum Gasteiger partial charge on any atom is 0.319 e. The predicted molar refractivity (Wildman–Crippen MR) is 85.4 cm³/mol. The summed E-state index contributed by atoms with van der Waals surface area (Å²) in [7, 11) is 0. The molecule has 3 N–H and O–H groups in total. The molecular formula is C17H20N2O4. The number of ether oxygens (including phenoxy) is 1. The SMILES string of the molecule is O=C(NCC(O)c1ccco1)Nc1ccccc1OCC1CC1.